The van der Waals surface area contributed by atoms with Gasteiger partial charge in [-0.3, -0.25) is 19.2 Å². The van der Waals surface area contributed by atoms with Gasteiger partial charge in [0.2, 0.25) is 0 Å². The highest BCUT2D eigenvalue weighted by molar-refractivity contribution is 7.18. The fourth-order valence-corrected chi connectivity index (χ4v) is 5.99. The third-order valence-corrected chi connectivity index (χ3v) is 7.71. The minimum atomic E-state index is -0.912. The van der Waals surface area contributed by atoms with Gasteiger partial charge in [-0.25, -0.2) is 4.98 Å². The number of likely N-dealkylation sites (tertiary alicyclic amines) is 1. The Morgan fingerprint density at radius 1 is 1.21 bits per heavy atom. The maximum absolute atomic E-state index is 12.7. The quantitative estimate of drug-likeness (QED) is 0.594. The summed E-state index contributed by atoms with van der Waals surface area (Å²) in [6, 6.07) is 0. The predicted molar refractivity (Wildman–Crippen MR) is 127 cm³/mol. The van der Waals surface area contributed by atoms with E-state index >= 15 is 0 Å². The normalized spacial score (nSPS) is 17.3. The number of amides is 1. The molecule has 1 aliphatic carbocycles. The van der Waals surface area contributed by atoms with Crippen molar-refractivity contribution in [3.8, 4) is 0 Å². The Labute approximate surface area is 201 Å². The second kappa shape index (κ2) is 10.7. The highest BCUT2D eigenvalue weighted by atomic mass is 32.1. The first-order valence-corrected chi connectivity index (χ1v) is 12.9. The van der Waals surface area contributed by atoms with Crippen LogP contribution in [0.2, 0.25) is 0 Å². The van der Waals surface area contributed by atoms with E-state index in [1.54, 1.807) is 30.1 Å². The number of carbonyl (C=O) groups is 3. The molecule has 184 valence electrons. The van der Waals surface area contributed by atoms with Crippen molar-refractivity contribution in [2.24, 2.45) is 5.92 Å². The lowest BCUT2D eigenvalue weighted by atomic mass is 9.97. The summed E-state index contributed by atoms with van der Waals surface area (Å²) >= 11 is 1.57. The number of piperidine rings is 1. The van der Waals surface area contributed by atoms with Gasteiger partial charge < -0.3 is 19.4 Å². The number of aromatic amines is 1. The fourth-order valence-electron chi connectivity index (χ4n) is 4.71. The topological polar surface area (TPSA) is 119 Å². The van der Waals surface area contributed by atoms with Crippen LogP contribution in [-0.4, -0.2) is 58.5 Å². The van der Waals surface area contributed by atoms with E-state index in [9.17, 15) is 19.2 Å². The fraction of sp³-hybridized carbons (Fsp3) is 0.625. The zero-order valence-electron chi connectivity index (χ0n) is 19.7. The number of fused-ring (bicyclic) bond motifs is 3. The first-order chi connectivity index (χ1) is 16.4. The molecule has 2 aliphatic rings. The molecule has 1 atom stereocenters. The number of esters is 2. The number of thiophene rings is 1. The number of nitrogens with one attached hydrogen (secondary N) is 1. The van der Waals surface area contributed by atoms with E-state index < -0.39 is 12.1 Å². The summed E-state index contributed by atoms with van der Waals surface area (Å²) in [6.45, 7) is 4.53. The largest absolute Gasteiger partial charge is 0.466 e. The van der Waals surface area contributed by atoms with E-state index in [2.05, 4.69) is 9.97 Å². The van der Waals surface area contributed by atoms with E-state index in [0.29, 0.717) is 43.7 Å². The molecular weight excluding hydrogens is 458 g/mol. The van der Waals surface area contributed by atoms with Gasteiger partial charge in [0.05, 0.1) is 24.3 Å². The first kappa shape index (κ1) is 24.4. The van der Waals surface area contributed by atoms with Crippen LogP contribution in [-0.2, 0) is 43.1 Å². The molecule has 34 heavy (non-hydrogen) atoms. The number of hydrogen-bond acceptors (Lipinski definition) is 8. The van der Waals surface area contributed by atoms with Crippen molar-refractivity contribution < 1.29 is 23.9 Å². The molecule has 1 amide bonds. The van der Waals surface area contributed by atoms with E-state index in [4.69, 9.17) is 9.47 Å². The number of nitrogens with zero attached hydrogens (tertiary/aromatic N) is 2. The molecule has 0 saturated carbocycles. The van der Waals surface area contributed by atoms with Gasteiger partial charge >= 0.3 is 11.9 Å². The number of carbonyl (C=O) groups excluding carboxylic acids is 3. The molecule has 0 unspecified atom stereocenters. The van der Waals surface area contributed by atoms with Crippen molar-refractivity contribution >= 4 is 39.4 Å². The lowest BCUT2D eigenvalue weighted by Crippen LogP contribution is -2.45. The molecule has 0 radical (unpaired) electrons. The number of aromatic nitrogens is 2. The molecule has 3 heterocycles. The van der Waals surface area contributed by atoms with Crippen molar-refractivity contribution in [3.63, 3.8) is 0 Å². The van der Waals surface area contributed by atoms with E-state index in [0.717, 1.165) is 36.1 Å². The van der Waals surface area contributed by atoms with Crippen LogP contribution in [0, 0.1) is 5.92 Å². The van der Waals surface area contributed by atoms with Gasteiger partial charge in [-0.15, -0.1) is 11.3 Å². The Bertz CT molecular complexity index is 1130. The molecule has 2 aromatic heterocycles. The summed E-state index contributed by atoms with van der Waals surface area (Å²) in [5, 5.41) is 0.692. The maximum atomic E-state index is 12.7. The minimum absolute atomic E-state index is 0.0160. The van der Waals surface area contributed by atoms with Crippen LogP contribution in [0.5, 0.6) is 0 Å². The summed E-state index contributed by atoms with van der Waals surface area (Å²) in [5.41, 5.74) is 0.979. The average molecular weight is 490 g/mol. The smallest absolute Gasteiger partial charge is 0.309 e. The third-order valence-electron chi connectivity index (χ3n) is 6.52. The van der Waals surface area contributed by atoms with Crippen molar-refractivity contribution in [1.82, 2.24) is 14.9 Å². The number of aryl methyl sites for hydroxylation is 3. The van der Waals surface area contributed by atoms with Crippen molar-refractivity contribution in [2.75, 3.05) is 19.7 Å². The van der Waals surface area contributed by atoms with Gasteiger partial charge in [0.25, 0.3) is 11.5 Å². The lowest BCUT2D eigenvalue weighted by Gasteiger charge is -2.32. The van der Waals surface area contributed by atoms with Crippen molar-refractivity contribution in [2.45, 2.75) is 71.3 Å². The second-order valence-electron chi connectivity index (χ2n) is 8.89. The third kappa shape index (κ3) is 5.32. The Kier molecular flexibility index (Phi) is 7.65. The molecule has 1 N–H and O–H groups in total. The molecule has 9 nitrogen and oxygen atoms in total. The Morgan fingerprint density at radius 3 is 2.68 bits per heavy atom. The van der Waals surface area contributed by atoms with Crippen LogP contribution in [0.25, 0.3) is 10.2 Å². The molecule has 4 rings (SSSR count). The summed E-state index contributed by atoms with van der Waals surface area (Å²) < 4.78 is 10.4. The molecule has 1 aliphatic heterocycles. The van der Waals surface area contributed by atoms with Gasteiger partial charge in [-0.05, 0) is 57.9 Å². The lowest BCUT2D eigenvalue weighted by molar-refractivity contribution is -0.160. The number of H-pyrrole nitrogens is 1. The number of rotatable bonds is 7. The molecule has 1 fully saturated rings. The van der Waals surface area contributed by atoms with Crippen LogP contribution < -0.4 is 5.56 Å². The maximum Gasteiger partial charge on any atom is 0.309 e. The van der Waals surface area contributed by atoms with Gasteiger partial charge in [-0.2, -0.15) is 0 Å². The van der Waals surface area contributed by atoms with Gasteiger partial charge in [0.1, 0.15) is 10.7 Å². The number of ether oxygens (including phenoxy) is 2. The van der Waals surface area contributed by atoms with Crippen LogP contribution in [0.15, 0.2) is 4.79 Å². The molecule has 0 spiro atoms. The zero-order chi connectivity index (χ0) is 24.2. The summed E-state index contributed by atoms with van der Waals surface area (Å²) in [7, 11) is 0. The van der Waals surface area contributed by atoms with Crippen LogP contribution in [0.1, 0.15) is 62.2 Å². The first-order valence-electron chi connectivity index (χ1n) is 12.1. The average Bonchev–Trinajstić information content (AvgIpc) is 3.21. The Hall–Kier alpha value is -2.75. The monoisotopic (exact) mass is 489 g/mol. The van der Waals surface area contributed by atoms with E-state index in [1.807, 2.05) is 0 Å². The van der Waals surface area contributed by atoms with Crippen molar-refractivity contribution in [3.05, 3.63) is 26.6 Å². The van der Waals surface area contributed by atoms with Crippen LogP contribution >= 0.6 is 11.3 Å². The Morgan fingerprint density at radius 2 is 1.94 bits per heavy atom. The SMILES string of the molecule is CCOC(=O)C1CCN(C(=O)[C@H](C)OC(=O)CCc2nc3sc4c(c3c(=O)[nH]2)CCCC4)CC1. The number of hydrogen-bond donors (Lipinski definition) is 1. The van der Waals surface area contributed by atoms with Gasteiger partial charge in [0.15, 0.2) is 6.10 Å². The second-order valence-corrected chi connectivity index (χ2v) is 9.97. The molecule has 2 aromatic rings. The van der Waals surface area contributed by atoms with Gasteiger partial charge in [-0.1, -0.05) is 0 Å². The highest BCUT2D eigenvalue weighted by Crippen LogP contribution is 2.33. The molecular formula is C24H31N3O6S. The summed E-state index contributed by atoms with van der Waals surface area (Å²) in [5.74, 6) is -0.749. The summed E-state index contributed by atoms with van der Waals surface area (Å²) in [6.07, 6.45) is 4.55. The molecule has 0 aromatic carbocycles. The zero-order valence-corrected chi connectivity index (χ0v) is 20.5. The minimum Gasteiger partial charge on any atom is -0.466 e. The molecule has 1 saturated heterocycles. The Balaban J connectivity index is 1.28. The van der Waals surface area contributed by atoms with E-state index in [-0.39, 0.29) is 36.2 Å². The van der Waals surface area contributed by atoms with Gasteiger partial charge in [0, 0.05) is 24.4 Å². The van der Waals surface area contributed by atoms with Crippen LogP contribution in [0.3, 0.4) is 0 Å². The predicted octanol–water partition coefficient (Wildman–Crippen LogP) is 2.53. The molecule has 10 heteroatoms. The molecule has 0 bridgehead atoms. The standard InChI is InChI=1S/C24H31N3O6S/c1-3-32-24(31)15-10-12-27(13-11-15)23(30)14(2)33-19(28)9-8-18-25-21(29)20-16-6-4-5-7-17(16)34-22(20)26-18/h14-15H,3-13H2,1-2H3,(H,25,26,29)/t14-/m0/s1. The van der Waals surface area contributed by atoms with Crippen LogP contribution in [0.4, 0.5) is 0 Å². The van der Waals surface area contributed by atoms with E-state index in [1.165, 1.54) is 4.88 Å². The highest BCUT2D eigenvalue weighted by Gasteiger charge is 2.31. The van der Waals surface area contributed by atoms with Crippen molar-refractivity contribution in [1.29, 1.82) is 0 Å². The summed E-state index contributed by atoms with van der Waals surface area (Å²) in [4.78, 5) is 60.5.